The van der Waals surface area contributed by atoms with E-state index in [1.807, 2.05) is 30.3 Å². The van der Waals surface area contributed by atoms with Crippen molar-refractivity contribution in [1.29, 1.82) is 0 Å². The number of hydrazine groups is 1. The molecule has 7 nitrogen and oxygen atoms in total. The van der Waals surface area contributed by atoms with E-state index in [0.29, 0.717) is 27.9 Å². The van der Waals surface area contributed by atoms with Crippen molar-refractivity contribution < 1.29 is 14.3 Å². The number of urea groups is 1. The van der Waals surface area contributed by atoms with Gasteiger partial charge in [0.05, 0.1) is 17.9 Å². The van der Waals surface area contributed by atoms with Crippen LogP contribution in [0.3, 0.4) is 0 Å². The van der Waals surface area contributed by atoms with Crippen LogP contribution in [0.15, 0.2) is 72.9 Å². The molecule has 158 valence electrons. The zero-order valence-corrected chi connectivity index (χ0v) is 17.7. The number of halogens is 2. The fraction of sp³-hybridized carbons (Fsp3) is 0.0455. The Hall–Kier alpha value is -3.55. The molecule has 0 spiro atoms. The van der Waals surface area contributed by atoms with E-state index in [1.54, 1.807) is 42.6 Å². The molecule has 2 N–H and O–H groups in total. The van der Waals surface area contributed by atoms with Crippen LogP contribution in [-0.4, -0.2) is 16.9 Å². The van der Waals surface area contributed by atoms with E-state index in [0.717, 1.165) is 5.56 Å². The van der Waals surface area contributed by atoms with Gasteiger partial charge in [-0.1, -0.05) is 35.9 Å². The van der Waals surface area contributed by atoms with Crippen LogP contribution in [0.5, 0.6) is 11.5 Å². The van der Waals surface area contributed by atoms with Crippen molar-refractivity contribution in [3.8, 4) is 11.5 Å². The summed E-state index contributed by atoms with van der Waals surface area (Å²) in [6.07, 6.45) is 4.46. The molecule has 0 saturated heterocycles. The van der Waals surface area contributed by atoms with Gasteiger partial charge in [-0.2, -0.15) is 0 Å². The van der Waals surface area contributed by atoms with Gasteiger partial charge in [-0.15, -0.1) is 12.4 Å². The molecule has 2 heterocycles. The number of carbonyl (C=O) groups excluding carboxylic acids is 2. The summed E-state index contributed by atoms with van der Waals surface area (Å²) in [6, 6.07) is 17.3. The lowest BCUT2D eigenvalue weighted by molar-refractivity contribution is -0.117. The molecule has 31 heavy (non-hydrogen) atoms. The molecular formula is C22H18Cl2N4O3. The average Bonchev–Trinajstić information content (AvgIpc) is 2.93. The minimum Gasteiger partial charge on any atom is -0.455 e. The first-order chi connectivity index (χ1) is 14.6. The van der Waals surface area contributed by atoms with E-state index < -0.39 is 11.9 Å². The molecule has 1 aromatic heterocycles. The quantitative estimate of drug-likeness (QED) is 0.431. The summed E-state index contributed by atoms with van der Waals surface area (Å²) in [5.41, 5.74) is 6.74. The third-order valence-corrected chi connectivity index (χ3v) is 4.60. The lowest BCUT2D eigenvalue weighted by atomic mass is 10.2. The van der Waals surface area contributed by atoms with Crippen molar-refractivity contribution in [2.24, 2.45) is 0 Å². The topological polar surface area (TPSA) is 83.6 Å². The predicted molar refractivity (Wildman–Crippen MR) is 121 cm³/mol. The fourth-order valence-corrected chi connectivity index (χ4v) is 3.10. The summed E-state index contributed by atoms with van der Waals surface area (Å²) in [7, 11) is 0. The number of fused-ring (bicyclic) bond motifs is 2. The Morgan fingerprint density at radius 3 is 2.65 bits per heavy atom. The molecule has 0 unspecified atom stereocenters. The van der Waals surface area contributed by atoms with Gasteiger partial charge in [0.15, 0.2) is 5.75 Å². The van der Waals surface area contributed by atoms with Crippen molar-refractivity contribution in [1.82, 2.24) is 15.8 Å². The number of amides is 3. The number of pyridine rings is 1. The molecule has 0 atom stereocenters. The summed E-state index contributed by atoms with van der Waals surface area (Å²) in [6.45, 7) is 0.245. The van der Waals surface area contributed by atoms with Crippen molar-refractivity contribution >= 4 is 47.7 Å². The zero-order chi connectivity index (χ0) is 20.9. The van der Waals surface area contributed by atoms with Gasteiger partial charge in [0, 0.05) is 22.9 Å². The van der Waals surface area contributed by atoms with Crippen LogP contribution in [0.1, 0.15) is 11.3 Å². The normalized spacial score (nSPS) is 12.0. The maximum atomic E-state index is 12.9. The van der Waals surface area contributed by atoms with Crippen molar-refractivity contribution in [2.75, 3.05) is 4.90 Å². The summed E-state index contributed by atoms with van der Waals surface area (Å²) < 4.78 is 5.97. The molecule has 0 bridgehead atoms. The second-order valence-corrected chi connectivity index (χ2v) is 6.85. The average molecular weight is 457 g/mol. The Kier molecular flexibility index (Phi) is 7.12. The van der Waals surface area contributed by atoms with Crippen molar-refractivity contribution in [3.63, 3.8) is 0 Å². The summed E-state index contributed by atoms with van der Waals surface area (Å²) in [4.78, 5) is 30.5. The minimum absolute atomic E-state index is 0. The summed E-state index contributed by atoms with van der Waals surface area (Å²) in [5.74, 6) is 0.645. The molecule has 9 heteroatoms. The highest BCUT2D eigenvalue weighted by Crippen LogP contribution is 2.40. The SMILES string of the molecule is Cl.O=C(/C=C/c1ccccn1)NNC(=O)N1Cc2ccccc2Oc2ccc(Cl)cc21. The van der Waals surface area contributed by atoms with Crippen LogP contribution >= 0.6 is 24.0 Å². The van der Waals surface area contributed by atoms with Gasteiger partial charge in [-0.3, -0.25) is 20.1 Å². The molecule has 0 fully saturated rings. The molecule has 0 saturated carbocycles. The van der Waals surface area contributed by atoms with Crippen LogP contribution in [0.2, 0.25) is 5.02 Å². The van der Waals surface area contributed by atoms with Crippen LogP contribution in [-0.2, 0) is 11.3 Å². The van der Waals surface area contributed by atoms with Gasteiger partial charge in [-0.05, 0) is 42.5 Å². The van der Waals surface area contributed by atoms with Gasteiger partial charge >= 0.3 is 6.03 Å². The largest absolute Gasteiger partial charge is 0.455 e. The number of hydrogen-bond acceptors (Lipinski definition) is 4. The van der Waals surface area contributed by atoms with E-state index in [-0.39, 0.29) is 19.0 Å². The Morgan fingerprint density at radius 1 is 1.03 bits per heavy atom. The van der Waals surface area contributed by atoms with E-state index in [1.165, 1.54) is 11.0 Å². The smallest absolute Gasteiger partial charge is 0.341 e. The molecule has 0 radical (unpaired) electrons. The molecular weight excluding hydrogens is 439 g/mol. The first-order valence-electron chi connectivity index (χ1n) is 9.12. The number of nitrogens with one attached hydrogen (secondary N) is 2. The number of anilines is 1. The molecule has 4 rings (SSSR count). The van der Waals surface area contributed by atoms with E-state index >= 15 is 0 Å². The first-order valence-corrected chi connectivity index (χ1v) is 9.50. The number of carbonyl (C=O) groups is 2. The maximum Gasteiger partial charge on any atom is 0.341 e. The predicted octanol–water partition coefficient (Wildman–Crippen LogP) is 4.72. The number of aromatic nitrogens is 1. The van der Waals surface area contributed by atoms with E-state index in [2.05, 4.69) is 15.8 Å². The zero-order valence-electron chi connectivity index (χ0n) is 16.1. The molecule has 3 aromatic rings. The van der Waals surface area contributed by atoms with Gasteiger partial charge in [-0.25, -0.2) is 10.2 Å². The summed E-state index contributed by atoms with van der Waals surface area (Å²) in [5, 5.41) is 0.462. The van der Waals surface area contributed by atoms with Gasteiger partial charge < -0.3 is 4.74 Å². The monoisotopic (exact) mass is 456 g/mol. The van der Waals surface area contributed by atoms with Crippen LogP contribution in [0, 0.1) is 0 Å². The van der Waals surface area contributed by atoms with E-state index in [9.17, 15) is 9.59 Å². The lowest BCUT2D eigenvalue weighted by Gasteiger charge is -2.22. The van der Waals surface area contributed by atoms with Crippen LogP contribution < -0.4 is 20.5 Å². The molecule has 0 aliphatic carbocycles. The maximum absolute atomic E-state index is 12.9. The van der Waals surface area contributed by atoms with Crippen LogP contribution in [0.25, 0.3) is 6.08 Å². The fourth-order valence-electron chi connectivity index (χ4n) is 2.94. The molecule has 2 aromatic carbocycles. The molecule has 1 aliphatic rings. The second kappa shape index (κ2) is 9.97. The van der Waals surface area contributed by atoms with Gasteiger partial charge in [0.1, 0.15) is 5.75 Å². The van der Waals surface area contributed by atoms with Crippen molar-refractivity contribution in [3.05, 3.63) is 89.2 Å². The minimum atomic E-state index is -0.529. The highest BCUT2D eigenvalue weighted by Gasteiger charge is 2.25. The Bertz CT molecular complexity index is 1120. The number of nitrogens with zero attached hydrogens (tertiary/aromatic N) is 2. The highest BCUT2D eigenvalue weighted by molar-refractivity contribution is 6.31. The lowest BCUT2D eigenvalue weighted by Crippen LogP contribution is -2.48. The van der Waals surface area contributed by atoms with Crippen molar-refractivity contribution in [2.45, 2.75) is 6.54 Å². The van der Waals surface area contributed by atoms with Crippen LogP contribution in [0.4, 0.5) is 10.5 Å². The summed E-state index contributed by atoms with van der Waals surface area (Å²) >= 11 is 6.14. The molecule has 1 aliphatic heterocycles. The second-order valence-electron chi connectivity index (χ2n) is 6.42. The third kappa shape index (κ3) is 5.33. The number of hydrogen-bond donors (Lipinski definition) is 2. The Morgan fingerprint density at radius 2 is 1.84 bits per heavy atom. The number of benzene rings is 2. The third-order valence-electron chi connectivity index (χ3n) is 4.36. The standard InChI is InChI=1S/C22H17ClN4O3.ClH/c23-16-8-10-20-18(13-16)27(14-15-5-1-2-7-19(15)30-20)22(29)26-25-21(28)11-9-17-6-3-4-12-24-17;/h1-13H,14H2,(H,25,28)(H,26,29);1H/b11-9+;. The number of para-hydroxylation sites is 1. The van der Waals surface area contributed by atoms with E-state index in [4.69, 9.17) is 16.3 Å². The number of rotatable bonds is 2. The Labute approximate surface area is 190 Å². The Balaban J connectivity index is 0.00000272. The van der Waals surface area contributed by atoms with Gasteiger partial charge in [0.25, 0.3) is 5.91 Å². The number of ether oxygens (including phenoxy) is 1. The highest BCUT2D eigenvalue weighted by atomic mass is 35.5. The van der Waals surface area contributed by atoms with Gasteiger partial charge in [0.2, 0.25) is 0 Å². The molecule has 3 amide bonds. The first kappa shape index (κ1) is 22.1.